The number of nitrogens with two attached hydrogens (primary N) is 1. The van der Waals surface area contributed by atoms with Gasteiger partial charge >= 0.3 is 0 Å². The summed E-state index contributed by atoms with van der Waals surface area (Å²) in [5.74, 6) is 2.51. The van der Waals surface area contributed by atoms with E-state index in [1.54, 1.807) is 7.11 Å². The van der Waals surface area contributed by atoms with E-state index in [2.05, 4.69) is 5.32 Å². The molecule has 3 nitrogen and oxygen atoms in total. The Labute approximate surface area is 96.8 Å². The van der Waals surface area contributed by atoms with Gasteiger partial charge in [0.1, 0.15) is 11.5 Å². The van der Waals surface area contributed by atoms with Gasteiger partial charge in [0.15, 0.2) is 0 Å². The fourth-order valence-corrected chi connectivity index (χ4v) is 2.06. The molecule has 0 bridgehead atoms. The van der Waals surface area contributed by atoms with Crippen LogP contribution in [0.25, 0.3) is 0 Å². The lowest BCUT2D eigenvalue weighted by atomic mass is 10.0. The van der Waals surface area contributed by atoms with Crippen LogP contribution in [0.5, 0.6) is 11.5 Å². The summed E-state index contributed by atoms with van der Waals surface area (Å²) in [7, 11) is 1.67. The van der Waals surface area contributed by atoms with E-state index in [9.17, 15) is 0 Å². The van der Waals surface area contributed by atoms with Crippen LogP contribution in [0.4, 0.5) is 0 Å². The average Bonchev–Trinajstić information content (AvgIpc) is 2.38. The predicted octanol–water partition coefficient (Wildman–Crippen LogP) is 1.05. The van der Waals surface area contributed by atoms with Crippen molar-refractivity contribution < 1.29 is 14.8 Å². The van der Waals surface area contributed by atoms with E-state index in [-0.39, 0.29) is 0 Å². The molecule has 0 spiro atoms. The van der Waals surface area contributed by atoms with Crippen molar-refractivity contribution in [1.29, 1.82) is 0 Å². The van der Waals surface area contributed by atoms with Gasteiger partial charge in [-0.2, -0.15) is 0 Å². The van der Waals surface area contributed by atoms with Crippen LogP contribution in [-0.2, 0) is 0 Å². The number of benzene rings is 1. The molecule has 2 N–H and O–H groups in total. The monoisotopic (exact) mass is 222 g/mol. The smallest absolute Gasteiger partial charge is 0.119 e. The Morgan fingerprint density at radius 2 is 2.00 bits per heavy atom. The Morgan fingerprint density at radius 3 is 2.62 bits per heavy atom. The number of rotatable bonds is 4. The van der Waals surface area contributed by atoms with Gasteiger partial charge in [0.25, 0.3) is 0 Å². The third kappa shape index (κ3) is 3.14. The summed E-state index contributed by atoms with van der Waals surface area (Å²) in [4.78, 5) is 0. The van der Waals surface area contributed by atoms with Crippen molar-refractivity contribution in [1.82, 2.24) is 0 Å². The first-order valence-electron chi connectivity index (χ1n) is 5.97. The molecule has 1 atom stereocenters. The van der Waals surface area contributed by atoms with Crippen molar-refractivity contribution in [3.8, 4) is 11.5 Å². The number of hydrogen-bond donors (Lipinski definition) is 1. The Hall–Kier alpha value is -1.22. The third-order valence-electron chi connectivity index (χ3n) is 3.07. The number of quaternary nitrogens is 1. The van der Waals surface area contributed by atoms with Crippen LogP contribution in [0.2, 0.25) is 0 Å². The molecular weight excluding hydrogens is 202 g/mol. The lowest BCUT2D eigenvalue weighted by Crippen LogP contribution is -2.87. The van der Waals surface area contributed by atoms with Crippen LogP contribution in [0.1, 0.15) is 12.8 Å². The fourth-order valence-electron chi connectivity index (χ4n) is 2.06. The van der Waals surface area contributed by atoms with E-state index < -0.39 is 0 Å². The zero-order valence-corrected chi connectivity index (χ0v) is 9.82. The van der Waals surface area contributed by atoms with Crippen molar-refractivity contribution in [3.63, 3.8) is 0 Å². The third-order valence-corrected chi connectivity index (χ3v) is 3.07. The van der Waals surface area contributed by atoms with Gasteiger partial charge in [-0.15, -0.1) is 0 Å². The quantitative estimate of drug-likeness (QED) is 0.826. The molecular formula is C13H20NO2+. The number of hydrogen-bond acceptors (Lipinski definition) is 2. The van der Waals surface area contributed by atoms with Gasteiger partial charge in [0.05, 0.1) is 26.8 Å². The highest BCUT2D eigenvalue weighted by molar-refractivity contribution is 5.31. The number of ether oxygens (including phenoxy) is 2. The maximum Gasteiger partial charge on any atom is 0.119 e. The molecule has 0 radical (unpaired) electrons. The average molecular weight is 222 g/mol. The predicted molar refractivity (Wildman–Crippen MR) is 62.9 cm³/mol. The largest absolute Gasteiger partial charge is 0.497 e. The van der Waals surface area contributed by atoms with Crippen molar-refractivity contribution >= 4 is 0 Å². The highest BCUT2D eigenvalue weighted by Gasteiger charge is 2.16. The molecule has 0 aromatic heterocycles. The van der Waals surface area contributed by atoms with Crippen LogP contribution < -0.4 is 14.8 Å². The van der Waals surface area contributed by atoms with Crippen LogP contribution in [0, 0.1) is 5.92 Å². The second-order valence-electron chi connectivity index (χ2n) is 4.31. The normalized spacial score (nSPS) is 20.4. The maximum atomic E-state index is 5.77. The minimum absolute atomic E-state index is 0.704. The molecule has 1 saturated heterocycles. The molecule has 1 aromatic carbocycles. The fraction of sp³-hybridized carbons (Fsp3) is 0.538. The molecule has 1 aromatic rings. The summed E-state index contributed by atoms with van der Waals surface area (Å²) in [6.07, 6.45) is 2.61. The van der Waals surface area contributed by atoms with Crippen molar-refractivity contribution in [2.75, 3.05) is 26.8 Å². The summed E-state index contributed by atoms with van der Waals surface area (Å²) < 4.78 is 10.9. The number of methoxy groups -OCH3 is 1. The first-order chi connectivity index (χ1) is 7.88. The Kier molecular flexibility index (Phi) is 4.05. The minimum atomic E-state index is 0.704. The molecule has 0 saturated carbocycles. The second kappa shape index (κ2) is 5.75. The lowest BCUT2D eigenvalue weighted by Gasteiger charge is -2.20. The van der Waals surface area contributed by atoms with E-state index in [0.29, 0.717) is 5.92 Å². The molecule has 0 aliphatic carbocycles. The van der Waals surface area contributed by atoms with Gasteiger partial charge in [-0.1, -0.05) is 0 Å². The zero-order chi connectivity index (χ0) is 11.2. The highest BCUT2D eigenvalue weighted by Crippen LogP contribution is 2.18. The van der Waals surface area contributed by atoms with Gasteiger partial charge in [-0.05, 0) is 37.1 Å². The van der Waals surface area contributed by atoms with Crippen molar-refractivity contribution in [2.24, 2.45) is 5.92 Å². The Bertz CT molecular complexity index is 304. The zero-order valence-electron chi connectivity index (χ0n) is 9.82. The molecule has 1 aliphatic rings. The Morgan fingerprint density at radius 1 is 1.25 bits per heavy atom. The van der Waals surface area contributed by atoms with E-state index >= 15 is 0 Å². The van der Waals surface area contributed by atoms with Crippen LogP contribution in [0.3, 0.4) is 0 Å². The first kappa shape index (κ1) is 11.3. The molecule has 1 heterocycles. The van der Waals surface area contributed by atoms with Gasteiger partial charge in [0.2, 0.25) is 0 Å². The molecule has 1 fully saturated rings. The minimum Gasteiger partial charge on any atom is -0.497 e. The lowest BCUT2D eigenvalue weighted by molar-refractivity contribution is -0.669. The Balaban J connectivity index is 1.79. The summed E-state index contributed by atoms with van der Waals surface area (Å²) in [5, 5.41) is 2.38. The van der Waals surface area contributed by atoms with E-state index in [0.717, 1.165) is 18.1 Å². The number of piperidine rings is 1. The molecule has 2 rings (SSSR count). The molecule has 0 unspecified atom stereocenters. The molecule has 3 heteroatoms. The first-order valence-corrected chi connectivity index (χ1v) is 5.97. The summed E-state index contributed by atoms with van der Waals surface area (Å²) in [6.45, 7) is 3.32. The summed E-state index contributed by atoms with van der Waals surface area (Å²) in [6, 6.07) is 7.79. The van der Waals surface area contributed by atoms with Gasteiger partial charge in [0, 0.05) is 5.92 Å². The van der Waals surface area contributed by atoms with Gasteiger partial charge in [-0.25, -0.2) is 0 Å². The van der Waals surface area contributed by atoms with Gasteiger partial charge in [-0.3, -0.25) is 0 Å². The summed E-state index contributed by atoms with van der Waals surface area (Å²) in [5.41, 5.74) is 0. The van der Waals surface area contributed by atoms with Crippen LogP contribution >= 0.6 is 0 Å². The highest BCUT2D eigenvalue weighted by atomic mass is 16.5. The maximum absolute atomic E-state index is 5.77. The van der Waals surface area contributed by atoms with Crippen molar-refractivity contribution in [3.05, 3.63) is 24.3 Å². The van der Waals surface area contributed by atoms with Gasteiger partial charge < -0.3 is 14.8 Å². The topological polar surface area (TPSA) is 35.1 Å². The second-order valence-corrected chi connectivity index (χ2v) is 4.31. The van der Waals surface area contributed by atoms with Crippen LogP contribution in [-0.4, -0.2) is 26.8 Å². The molecule has 16 heavy (non-hydrogen) atoms. The molecule has 1 aliphatic heterocycles. The van der Waals surface area contributed by atoms with E-state index in [1.165, 1.54) is 25.9 Å². The molecule has 0 amide bonds. The standard InChI is InChI=1S/C13H19NO2/c1-15-12-4-6-13(7-5-12)16-10-11-3-2-8-14-9-11/h4-7,11,14H,2-3,8-10H2,1H3/p+1/t11-/m1/s1. The van der Waals surface area contributed by atoms with Crippen LogP contribution in [0.15, 0.2) is 24.3 Å². The summed E-state index contributed by atoms with van der Waals surface area (Å²) >= 11 is 0. The SMILES string of the molecule is COc1ccc(OC[C@@H]2CCC[NH2+]C2)cc1. The van der Waals surface area contributed by atoms with E-state index in [4.69, 9.17) is 9.47 Å². The van der Waals surface area contributed by atoms with Crippen molar-refractivity contribution in [2.45, 2.75) is 12.8 Å². The molecule has 88 valence electrons. The van der Waals surface area contributed by atoms with E-state index in [1.807, 2.05) is 24.3 Å².